The third-order valence-electron chi connectivity index (χ3n) is 3.69. The Hall–Kier alpha value is -2.10. The lowest BCUT2D eigenvalue weighted by molar-refractivity contribution is 0.484. The van der Waals surface area contributed by atoms with Gasteiger partial charge in [0.1, 0.15) is 12.5 Å². The lowest BCUT2D eigenvalue weighted by atomic mass is 10.2. The van der Waals surface area contributed by atoms with Gasteiger partial charge in [-0.25, -0.2) is 9.37 Å². The van der Waals surface area contributed by atoms with Gasteiger partial charge in [0, 0.05) is 43.6 Å². The standard InChI is InChI=1S/C16H18FN3/c17-12-14-6-7-16(18-13-14)20-10-8-19(9-11-20)15-4-2-1-3-5-15/h1-7,13H,8-12H2. The van der Waals surface area contributed by atoms with Crippen molar-refractivity contribution in [3.8, 4) is 0 Å². The van der Waals surface area contributed by atoms with E-state index in [1.54, 1.807) is 6.20 Å². The lowest BCUT2D eigenvalue weighted by Crippen LogP contribution is -2.46. The van der Waals surface area contributed by atoms with Gasteiger partial charge in [0.05, 0.1) is 0 Å². The fourth-order valence-electron chi connectivity index (χ4n) is 2.52. The minimum atomic E-state index is -0.449. The molecule has 1 aromatic carbocycles. The minimum absolute atomic E-state index is 0.449. The molecule has 104 valence electrons. The van der Waals surface area contributed by atoms with Crippen molar-refractivity contribution in [2.45, 2.75) is 6.67 Å². The van der Waals surface area contributed by atoms with Crippen LogP contribution in [0.5, 0.6) is 0 Å². The van der Waals surface area contributed by atoms with Crippen LogP contribution in [0.15, 0.2) is 48.7 Å². The van der Waals surface area contributed by atoms with Crippen molar-refractivity contribution in [1.29, 1.82) is 0 Å². The van der Waals surface area contributed by atoms with Crippen molar-refractivity contribution in [3.05, 3.63) is 54.2 Å². The SMILES string of the molecule is FCc1ccc(N2CCN(c3ccccc3)CC2)nc1. The number of piperazine rings is 1. The molecule has 3 nitrogen and oxygen atoms in total. The molecule has 1 aromatic heterocycles. The molecule has 0 bridgehead atoms. The number of pyridine rings is 1. The summed E-state index contributed by atoms with van der Waals surface area (Å²) in [5, 5.41) is 0. The maximum Gasteiger partial charge on any atom is 0.128 e. The number of benzene rings is 1. The molecule has 0 saturated carbocycles. The largest absolute Gasteiger partial charge is 0.368 e. The number of hydrogen-bond donors (Lipinski definition) is 0. The predicted molar refractivity (Wildman–Crippen MR) is 79.9 cm³/mol. The molecule has 0 atom stereocenters. The fourth-order valence-corrected chi connectivity index (χ4v) is 2.52. The molecule has 20 heavy (non-hydrogen) atoms. The van der Waals surface area contributed by atoms with Gasteiger partial charge in [0.2, 0.25) is 0 Å². The number of alkyl halides is 1. The van der Waals surface area contributed by atoms with Gasteiger partial charge in [-0.3, -0.25) is 0 Å². The summed E-state index contributed by atoms with van der Waals surface area (Å²) in [7, 11) is 0. The third-order valence-corrected chi connectivity index (χ3v) is 3.69. The van der Waals surface area contributed by atoms with Crippen molar-refractivity contribution < 1.29 is 4.39 Å². The first-order chi connectivity index (χ1) is 9.86. The number of halogens is 1. The molecule has 4 heteroatoms. The lowest BCUT2D eigenvalue weighted by Gasteiger charge is -2.36. The van der Waals surface area contributed by atoms with Crippen molar-refractivity contribution in [1.82, 2.24) is 4.98 Å². The molecule has 0 N–H and O–H groups in total. The molecule has 1 fully saturated rings. The summed E-state index contributed by atoms with van der Waals surface area (Å²) in [6.45, 7) is 3.40. The molecule has 0 radical (unpaired) electrons. The Balaban J connectivity index is 1.63. The first-order valence-corrected chi connectivity index (χ1v) is 6.92. The van der Waals surface area contributed by atoms with E-state index in [0.717, 1.165) is 32.0 Å². The number of anilines is 2. The molecule has 2 aromatic rings. The number of para-hydroxylation sites is 1. The van der Waals surface area contributed by atoms with Crippen molar-refractivity contribution in [2.75, 3.05) is 36.0 Å². The van der Waals surface area contributed by atoms with Crippen LogP contribution in [-0.2, 0) is 6.67 Å². The summed E-state index contributed by atoms with van der Waals surface area (Å²) in [4.78, 5) is 8.97. The van der Waals surface area contributed by atoms with E-state index in [0.29, 0.717) is 5.56 Å². The first kappa shape index (κ1) is 12.9. The highest BCUT2D eigenvalue weighted by atomic mass is 19.1. The van der Waals surface area contributed by atoms with E-state index in [1.165, 1.54) is 5.69 Å². The van der Waals surface area contributed by atoms with E-state index in [4.69, 9.17) is 0 Å². The average molecular weight is 271 g/mol. The normalized spacial score (nSPS) is 15.4. The van der Waals surface area contributed by atoms with Crippen LogP contribution >= 0.6 is 0 Å². The van der Waals surface area contributed by atoms with E-state index in [9.17, 15) is 4.39 Å². The topological polar surface area (TPSA) is 19.4 Å². The zero-order valence-electron chi connectivity index (χ0n) is 11.4. The highest BCUT2D eigenvalue weighted by Crippen LogP contribution is 2.19. The van der Waals surface area contributed by atoms with Crippen LogP contribution in [0, 0.1) is 0 Å². The maximum atomic E-state index is 12.5. The Labute approximate surface area is 118 Å². The maximum absolute atomic E-state index is 12.5. The minimum Gasteiger partial charge on any atom is -0.368 e. The Kier molecular flexibility index (Phi) is 3.81. The summed E-state index contributed by atoms with van der Waals surface area (Å²) < 4.78 is 12.5. The van der Waals surface area contributed by atoms with Gasteiger partial charge in [0.25, 0.3) is 0 Å². The molecule has 1 saturated heterocycles. The molecule has 3 rings (SSSR count). The monoisotopic (exact) mass is 271 g/mol. The van der Waals surface area contributed by atoms with Crippen molar-refractivity contribution >= 4 is 11.5 Å². The Morgan fingerprint density at radius 2 is 1.60 bits per heavy atom. The van der Waals surface area contributed by atoms with Gasteiger partial charge in [-0.2, -0.15) is 0 Å². The van der Waals surface area contributed by atoms with Crippen LogP contribution in [0.3, 0.4) is 0 Å². The highest BCUT2D eigenvalue weighted by molar-refractivity contribution is 5.49. The first-order valence-electron chi connectivity index (χ1n) is 6.92. The van der Waals surface area contributed by atoms with Gasteiger partial charge >= 0.3 is 0 Å². The number of nitrogens with zero attached hydrogens (tertiary/aromatic N) is 3. The fraction of sp³-hybridized carbons (Fsp3) is 0.312. The van der Waals surface area contributed by atoms with Gasteiger partial charge in [-0.05, 0) is 18.2 Å². The van der Waals surface area contributed by atoms with Crippen LogP contribution in [0.4, 0.5) is 15.9 Å². The number of aromatic nitrogens is 1. The van der Waals surface area contributed by atoms with E-state index < -0.39 is 6.67 Å². The van der Waals surface area contributed by atoms with Crippen LogP contribution in [0.25, 0.3) is 0 Å². The van der Waals surface area contributed by atoms with Crippen LogP contribution in [0.1, 0.15) is 5.56 Å². The second-order valence-electron chi connectivity index (χ2n) is 4.97. The molecule has 1 aliphatic heterocycles. The smallest absolute Gasteiger partial charge is 0.128 e. The van der Waals surface area contributed by atoms with Gasteiger partial charge in [0.15, 0.2) is 0 Å². The average Bonchev–Trinajstić information content (AvgIpc) is 2.56. The zero-order valence-corrected chi connectivity index (χ0v) is 11.4. The molecule has 0 unspecified atom stereocenters. The summed E-state index contributed by atoms with van der Waals surface area (Å²) in [6.07, 6.45) is 1.62. The molecule has 2 heterocycles. The van der Waals surface area contributed by atoms with E-state index >= 15 is 0 Å². The summed E-state index contributed by atoms with van der Waals surface area (Å²) in [5.41, 5.74) is 1.91. The van der Waals surface area contributed by atoms with E-state index in [-0.39, 0.29) is 0 Å². The number of hydrogen-bond acceptors (Lipinski definition) is 3. The Morgan fingerprint density at radius 1 is 0.900 bits per heavy atom. The highest BCUT2D eigenvalue weighted by Gasteiger charge is 2.17. The Morgan fingerprint density at radius 3 is 2.20 bits per heavy atom. The predicted octanol–water partition coefficient (Wildman–Crippen LogP) is 2.88. The summed E-state index contributed by atoms with van der Waals surface area (Å²) in [6, 6.07) is 14.2. The van der Waals surface area contributed by atoms with E-state index in [1.807, 2.05) is 18.2 Å². The Bertz CT molecular complexity index is 533. The summed E-state index contributed by atoms with van der Waals surface area (Å²) in [5.74, 6) is 0.940. The number of rotatable bonds is 3. The van der Waals surface area contributed by atoms with Crippen LogP contribution in [0.2, 0.25) is 0 Å². The van der Waals surface area contributed by atoms with Gasteiger partial charge in [-0.15, -0.1) is 0 Å². The second-order valence-corrected chi connectivity index (χ2v) is 4.97. The van der Waals surface area contributed by atoms with Crippen LogP contribution in [-0.4, -0.2) is 31.2 Å². The molecule has 0 spiro atoms. The van der Waals surface area contributed by atoms with Crippen molar-refractivity contribution in [3.63, 3.8) is 0 Å². The quantitative estimate of drug-likeness (QED) is 0.855. The van der Waals surface area contributed by atoms with Crippen molar-refractivity contribution in [2.24, 2.45) is 0 Å². The van der Waals surface area contributed by atoms with Gasteiger partial charge in [-0.1, -0.05) is 24.3 Å². The molecule has 0 aliphatic carbocycles. The third kappa shape index (κ3) is 2.74. The summed E-state index contributed by atoms with van der Waals surface area (Å²) >= 11 is 0. The zero-order chi connectivity index (χ0) is 13.8. The second kappa shape index (κ2) is 5.90. The van der Waals surface area contributed by atoms with E-state index in [2.05, 4.69) is 39.0 Å². The van der Waals surface area contributed by atoms with Gasteiger partial charge < -0.3 is 9.80 Å². The molecule has 1 aliphatic rings. The molecule has 0 amide bonds. The van der Waals surface area contributed by atoms with Crippen LogP contribution < -0.4 is 9.80 Å². The molecular weight excluding hydrogens is 253 g/mol. The molecular formula is C16H18FN3.